The average molecular weight is 897 g/mol. The highest BCUT2D eigenvalue weighted by atomic mass is 31.2. The van der Waals surface area contributed by atoms with E-state index in [1.807, 2.05) is 43.4 Å². The van der Waals surface area contributed by atoms with Crippen LogP contribution in [0, 0.1) is 5.92 Å². The highest BCUT2D eigenvalue weighted by molar-refractivity contribution is 7.47. The Bertz CT molecular complexity index is 1310. The van der Waals surface area contributed by atoms with E-state index < -0.39 is 70.6 Å². The molecule has 358 valence electrons. The lowest BCUT2D eigenvalue weighted by Gasteiger charge is -2.20. The molecule has 0 rings (SSSR count). The van der Waals surface area contributed by atoms with E-state index in [0.717, 1.165) is 31.6 Å². The highest BCUT2D eigenvalue weighted by Crippen LogP contribution is 2.43. The molecule has 0 saturated heterocycles. The van der Waals surface area contributed by atoms with E-state index in [0.29, 0.717) is 32.1 Å². The number of carbonyl (C=O) groups is 2. The van der Waals surface area contributed by atoms with Gasteiger partial charge in [-0.05, 0) is 44.4 Å². The molecule has 0 saturated carbocycles. The van der Waals surface area contributed by atoms with Gasteiger partial charge in [-0.1, -0.05) is 190 Å². The minimum Gasteiger partial charge on any atom is -0.462 e. The summed E-state index contributed by atoms with van der Waals surface area (Å²) in [4.78, 5) is 35.1. The second-order valence-electron chi connectivity index (χ2n) is 16.3. The van der Waals surface area contributed by atoms with E-state index in [1.165, 1.54) is 77.0 Å². The van der Waals surface area contributed by atoms with E-state index >= 15 is 0 Å². The van der Waals surface area contributed by atoms with Gasteiger partial charge in [-0.2, -0.15) is 0 Å². The Kier molecular flexibility index (Phi) is 40.5. The zero-order valence-corrected chi connectivity index (χ0v) is 39.3. The second kappa shape index (κ2) is 42.3. The van der Waals surface area contributed by atoms with Crippen molar-refractivity contribution in [1.29, 1.82) is 0 Å². The summed E-state index contributed by atoms with van der Waals surface area (Å²) >= 11 is 0. The number of aliphatic hydroxyl groups excluding tert-OH is 4. The van der Waals surface area contributed by atoms with Gasteiger partial charge in [0.1, 0.15) is 12.7 Å². The van der Waals surface area contributed by atoms with Gasteiger partial charge >= 0.3 is 19.8 Å². The molecule has 0 amide bonds. The fourth-order valence-electron chi connectivity index (χ4n) is 6.08. The summed E-state index contributed by atoms with van der Waals surface area (Å²) in [5, 5.41) is 38.3. The number of esters is 2. The minimum atomic E-state index is -4.66. The normalized spacial score (nSPS) is 15.5. The maximum Gasteiger partial charge on any atom is 0.472 e. The number of unbranched alkanes of at least 4 members (excludes halogenated alkanes) is 14. The molecule has 0 aromatic heterocycles. The van der Waals surface area contributed by atoms with Crippen molar-refractivity contribution < 1.29 is 58.0 Å². The number of phosphoric acid groups is 1. The van der Waals surface area contributed by atoms with Gasteiger partial charge in [-0.3, -0.25) is 18.6 Å². The summed E-state index contributed by atoms with van der Waals surface area (Å²) in [6, 6.07) is 0. The fraction of sp³-hybridized carbons (Fsp3) is 0.714. The molecule has 62 heavy (non-hydrogen) atoms. The second-order valence-corrected chi connectivity index (χ2v) is 17.7. The lowest BCUT2D eigenvalue weighted by Crippen LogP contribution is -2.29. The zero-order valence-electron chi connectivity index (χ0n) is 38.4. The molecule has 0 aromatic rings. The monoisotopic (exact) mass is 897 g/mol. The first-order valence-corrected chi connectivity index (χ1v) is 25.0. The van der Waals surface area contributed by atoms with Crippen molar-refractivity contribution in [3.05, 3.63) is 72.9 Å². The van der Waals surface area contributed by atoms with E-state index in [9.17, 15) is 34.4 Å². The summed E-state index contributed by atoms with van der Waals surface area (Å²) in [6.07, 6.45) is 40.9. The van der Waals surface area contributed by atoms with Crippen LogP contribution in [0.2, 0.25) is 0 Å². The van der Waals surface area contributed by atoms with E-state index in [2.05, 4.69) is 18.4 Å². The van der Waals surface area contributed by atoms with Crippen LogP contribution in [0.3, 0.4) is 0 Å². The molecule has 5 atom stereocenters. The molecule has 0 aliphatic carbocycles. The molecule has 0 aliphatic heterocycles. The fourth-order valence-corrected chi connectivity index (χ4v) is 6.87. The van der Waals surface area contributed by atoms with Gasteiger partial charge < -0.3 is 34.8 Å². The highest BCUT2D eigenvalue weighted by Gasteiger charge is 2.27. The zero-order chi connectivity index (χ0) is 45.9. The van der Waals surface area contributed by atoms with Crippen molar-refractivity contribution in [2.24, 2.45) is 5.92 Å². The third-order valence-electron chi connectivity index (χ3n) is 9.73. The Labute approximate surface area is 374 Å². The number of allylic oxidation sites excluding steroid dienone is 8. The summed E-state index contributed by atoms with van der Waals surface area (Å²) in [5.41, 5.74) is 0. The Balaban J connectivity index is 4.46. The third kappa shape index (κ3) is 42.6. The number of carbonyl (C=O) groups excluding carboxylic acids is 2. The van der Waals surface area contributed by atoms with E-state index in [-0.39, 0.29) is 12.8 Å². The number of phosphoric ester groups is 1. The summed E-state index contributed by atoms with van der Waals surface area (Å²) in [6.45, 7) is 4.33. The molecule has 12 nitrogen and oxygen atoms in total. The molecule has 1 unspecified atom stereocenters. The van der Waals surface area contributed by atoms with Crippen molar-refractivity contribution in [1.82, 2.24) is 0 Å². The number of hydrogen-bond acceptors (Lipinski definition) is 11. The summed E-state index contributed by atoms with van der Waals surface area (Å²) in [7, 11) is -4.66. The first kappa shape index (κ1) is 59.3. The lowest BCUT2D eigenvalue weighted by atomic mass is 10.0. The molecule has 13 heteroatoms. The van der Waals surface area contributed by atoms with Crippen LogP contribution < -0.4 is 0 Å². The number of aliphatic hydroxyl groups is 4. The predicted molar refractivity (Wildman–Crippen MR) is 249 cm³/mol. The lowest BCUT2D eigenvalue weighted by molar-refractivity contribution is -0.161. The van der Waals surface area contributed by atoms with Crippen LogP contribution in [0.5, 0.6) is 0 Å². The predicted octanol–water partition coefficient (Wildman–Crippen LogP) is 10.6. The average Bonchev–Trinajstić information content (AvgIpc) is 3.24. The smallest absolute Gasteiger partial charge is 0.462 e. The molecular formula is C49H85O12P. The van der Waals surface area contributed by atoms with E-state index in [4.69, 9.17) is 19.1 Å². The van der Waals surface area contributed by atoms with Crippen molar-refractivity contribution in [2.75, 3.05) is 26.4 Å². The maximum absolute atomic E-state index is 12.6. The van der Waals surface area contributed by atoms with Crippen LogP contribution in [0.1, 0.15) is 168 Å². The Morgan fingerprint density at radius 3 is 1.63 bits per heavy atom. The van der Waals surface area contributed by atoms with Crippen LogP contribution in [0.15, 0.2) is 72.9 Å². The van der Waals surface area contributed by atoms with Crippen LogP contribution in [-0.4, -0.2) is 88.1 Å². The van der Waals surface area contributed by atoms with Crippen molar-refractivity contribution in [3.63, 3.8) is 0 Å². The molecule has 0 heterocycles. The van der Waals surface area contributed by atoms with Crippen LogP contribution in [-0.2, 0) is 32.7 Å². The Hall–Kier alpha value is -2.67. The molecule has 0 fully saturated rings. The molecule has 0 aromatic carbocycles. The Morgan fingerprint density at radius 1 is 0.597 bits per heavy atom. The maximum atomic E-state index is 12.6. The number of rotatable bonds is 42. The molecular weight excluding hydrogens is 812 g/mol. The van der Waals surface area contributed by atoms with Crippen LogP contribution >= 0.6 is 7.82 Å². The topological polar surface area (TPSA) is 189 Å². The van der Waals surface area contributed by atoms with Gasteiger partial charge in [0.05, 0.1) is 32.0 Å². The van der Waals surface area contributed by atoms with Gasteiger partial charge in [0, 0.05) is 12.8 Å². The number of hydrogen-bond donors (Lipinski definition) is 5. The standard InChI is InChI=1S/C49H85O12P/c1-4-5-25-33-44(51)35-28-23-24-29-36-45(52)34-27-20-17-18-21-30-37-48(54)58-41-47(42-60-62(56,57)59-40-46(53)39-50)61-49(55)38-31-22-16-14-12-10-8-6-7-9-11-13-15-19-26-32-43(2)3/h5,18,20-21,23-25,27-29,35-36,43-47,50-53H,4,6-17,19,22,26,30-34,37-42H2,1-3H3,(H,56,57)/b21-18-,24-23-,25-5-,27-20-,35-28+,36-29+/t44-,45+,46+,47-/m1/s1. The quantitative estimate of drug-likeness (QED) is 0.0128. The van der Waals surface area contributed by atoms with Gasteiger partial charge in [0.15, 0.2) is 6.10 Å². The first-order valence-electron chi connectivity index (χ1n) is 23.5. The van der Waals surface area contributed by atoms with Crippen molar-refractivity contribution in [3.8, 4) is 0 Å². The minimum absolute atomic E-state index is 0.0578. The SMILES string of the molecule is CC/C=C\C[C@@H](O)/C=C/C=C\C=C\[C@@H](O)C/C=C\C/C=C\CCC(=O)OC[C@H](COP(=O)(O)OC[C@@H](O)CO)OC(=O)CCCCCCCCCCCCCCCCCC(C)C. The van der Waals surface area contributed by atoms with Gasteiger partial charge in [0.2, 0.25) is 0 Å². The third-order valence-corrected chi connectivity index (χ3v) is 10.7. The molecule has 0 spiro atoms. The molecule has 5 N–H and O–H groups in total. The van der Waals surface area contributed by atoms with Crippen LogP contribution in [0.4, 0.5) is 0 Å². The summed E-state index contributed by atoms with van der Waals surface area (Å²) in [5.74, 6) is -0.276. The molecule has 0 bridgehead atoms. The molecule has 0 aliphatic rings. The van der Waals surface area contributed by atoms with Gasteiger partial charge in [-0.15, -0.1) is 0 Å². The van der Waals surface area contributed by atoms with Gasteiger partial charge in [-0.25, -0.2) is 4.57 Å². The molecule has 0 radical (unpaired) electrons. The van der Waals surface area contributed by atoms with Crippen LogP contribution in [0.25, 0.3) is 0 Å². The van der Waals surface area contributed by atoms with Crippen molar-refractivity contribution in [2.45, 2.75) is 193 Å². The largest absolute Gasteiger partial charge is 0.472 e. The van der Waals surface area contributed by atoms with Gasteiger partial charge in [0.25, 0.3) is 0 Å². The van der Waals surface area contributed by atoms with Crippen molar-refractivity contribution >= 4 is 19.8 Å². The number of ether oxygens (including phenoxy) is 2. The summed E-state index contributed by atoms with van der Waals surface area (Å²) < 4.78 is 32.6. The Morgan fingerprint density at radius 2 is 1.10 bits per heavy atom. The first-order chi connectivity index (χ1) is 29.9. The van der Waals surface area contributed by atoms with E-state index in [1.54, 1.807) is 36.5 Å².